The largest absolute Gasteiger partial charge is 0.462 e. The first-order chi connectivity index (χ1) is 24.2. The molecular formula is C34H34F6N8O3. The fraction of sp³-hybridized carbons (Fsp3) is 0.353. The molecule has 4 aromatic rings. The average molecular weight is 717 g/mol. The molecule has 0 unspecified atom stereocenters. The number of benzene rings is 2. The van der Waals surface area contributed by atoms with Crippen molar-refractivity contribution in [1.82, 2.24) is 25.4 Å². The summed E-state index contributed by atoms with van der Waals surface area (Å²) in [7, 11) is 0. The monoisotopic (exact) mass is 716 g/mol. The maximum absolute atomic E-state index is 12.7. The second-order valence-electron chi connectivity index (χ2n) is 12.1. The molecule has 1 amide bonds. The van der Waals surface area contributed by atoms with Crippen molar-refractivity contribution in [3.05, 3.63) is 107 Å². The van der Waals surface area contributed by atoms with Crippen molar-refractivity contribution < 1.29 is 40.7 Å². The van der Waals surface area contributed by atoms with Crippen LogP contribution in [-0.2, 0) is 28.2 Å². The number of nitrogens with one attached hydrogen (secondary N) is 3. The lowest BCUT2D eigenvalue weighted by Gasteiger charge is -2.43. The summed E-state index contributed by atoms with van der Waals surface area (Å²) >= 11 is 0. The normalized spacial score (nSPS) is 15.9. The molecule has 5 N–H and O–H groups in total. The van der Waals surface area contributed by atoms with E-state index < -0.39 is 46.4 Å². The average Bonchev–Trinajstić information content (AvgIpc) is 3.08. The number of halogens is 6. The minimum atomic E-state index is -4.36. The number of nitrogens with two attached hydrogens (primary N) is 1. The third kappa shape index (κ3) is 8.53. The Labute approximate surface area is 288 Å². The van der Waals surface area contributed by atoms with Gasteiger partial charge >= 0.3 is 18.3 Å². The molecule has 0 atom stereocenters. The number of nitrogens with zero attached hydrogens (tertiary/aromatic N) is 4. The number of nitrogen functional groups attached to an aromatic ring is 1. The van der Waals surface area contributed by atoms with E-state index in [4.69, 9.17) is 10.6 Å². The van der Waals surface area contributed by atoms with Crippen LogP contribution in [0.15, 0.2) is 73.3 Å². The zero-order valence-corrected chi connectivity index (χ0v) is 27.2. The van der Waals surface area contributed by atoms with Gasteiger partial charge < -0.3 is 15.4 Å². The lowest BCUT2D eigenvalue weighted by molar-refractivity contribution is -0.138. The van der Waals surface area contributed by atoms with Crippen molar-refractivity contribution in [1.29, 1.82) is 0 Å². The van der Waals surface area contributed by atoms with Gasteiger partial charge in [0.1, 0.15) is 0 Å². The van der Waals surface area contributed by atoms with Gasteiger partial charge in [0.2, 0.25) is 11.9 Å². The smallest absolute Gasteiger partial charge is 0.416 e. The third-order valence-corrected chi connectivity index (χ3v) is 8.85. The maximum Gasteiger partial charge on any atom is 0.416 e. The Bertz CT molecular complexity index is 1790. The van der Waals surface area contributed by atoms with Crippen LogP contribution >= 0.6 is 0 Å². The van der Waals surface area contributed by atoms with Gasteiger partial charge in [-0.3, -0.25) is 10.2 Å². The molecule has 2 aromatic heterocycles. The van der Waals surface area contributed by atoms with E-state index in [-0.39, 0.29) is 17.7 Å². The molecule has 2 aliphatic carbocycles. The summed E-state index contributed by atoms with van der Waals surface area (Å²) in [5.74, 6) is 4.65. The molecular weight excluding hydrogens is 682 g/mol. The summed E-state index contributed by atoms with van der Waals surface area (Å²) in [5, 5.41) is 6.39. The molecule has 270 valence electrons. The van der Waals surface area contributed by atoms with Crippen LogP contribution in [0.4, 0.5) is 38.2 Å². The van der Waals surface area contributed by atoms with Crippen LogP contribution in [0.25, 0.3) is 0 Å². The van der Waals surface area contributed by atoms with Crippen molar-refractivity contribution in [3.63, 3.8) is 0 Å². The second kappa shape index (κ2) is 14.9. The Morgan fingerprint density at radius 3 is 1.35 bits per heavy atom. The zero-order valence-electron chi connectivity index (χ0n) is 27.2. The Balaban J connectivity index is 0.000000198. The molecule has 0 radical (unpaired) electrons. The summed E-state index contributed by atoms with van der Waals surface area (Å²) in [5.41, 5.74) is 1.60. The van der Waals surface area contributed by atoms with E-state index in [0.717, 1.165) is 73.9 Å². The molecule has 17 heteroatoms. The van der Waals surface area contributed by atoms with Gasteiger partial charge in [0.05, 0.1) is 39.9 Å². The van der Waals surface area contributed by atoms with Crippen LogP contribution in [0.2, 0.25) is 0 Å². The van der Waals surface area contributed by atoms with Crippen LogP contribution in [0.1, 0.15) is 88.4 Å². The van der Waals surface area contributed by atoms with Crippen LogP contribution < -0.4 is 21.9 Å². The highest BCUT2D eigenvalue weighted by molar-refractivity contribution is 5.93. The van der Waals surface area contributed by atoms with Crippen molar-refractivity contribution in [3.8, 4) is 0 Å². The van der Waals surface area contributed by atoms with Gasteiger partial charge in [0.15, 0.2) is 0 Å². The Kier molecular flexibility index (Phi) is 10.8. The number of esters is 1. The van der Waals surface area contributed by atoms with Gasteiger partial charge in [0, 0.05) is 24.8 Å². The van der Waals surface area contributed by atoms with Crippen LogP contribution in [0.5, 0.6) is 0 Å². The fourth-order valence-electron chi connectivity index (χ4n) is 5.72. The van der Waals surface area contributed by atoms with Gasteiger partial charge in [-0.05, 0) is 80.8 Å². The number of hydrogen-bond donors (Lipinski definition) is 4. The molecule has 2 saturated carbocycles. The maximum atomic E-state index is 12.7. The molecule has 0 saturated heterocycles. The number of rotatable bonds is 9. The fourth-order valence-corrected chi connectivity index (χ4v) is 5.72. The quantitative estimate of drug-likeness (QED) is 0.0480. The Morgan fingerprint density at radius 2 is 1.06 bits per heavy atom. The molecule has 2 aromatic carbocycles. The molecule has 2 aliphatic rings. The number of hydrogen-bond acceptors (Lipinski definition) is 10. The van der Waals surface area contributed by atoms with E-state index >= 15 is 0 Å². The highest BCUT2D eigenvalue weighted by atomic mass is 19.4. The molecule has 2 fully saturated rings. The van der Waals surface area contributed by atoms with Crippen molar-refractivity contribution in [2.45, 2.75) is 68.9 Å². The summed E-state index contributed by atoms with van der Waals surface area (Å²) in [6.45, 7) is 1.97. The first kappa shape index (κ1) is 36.9. The van der Waals surface area contributed by atoms with E-state index in [1.54, 1.807) is 6.92 Å². The van der Waals surface area contributed by atoms with Crippen LogP contribution in [-0.4, -0.2) is 38.4 Å². The number of alkyl halides is 6. The Hall–Kier alpha value is -5.32. The molecule has 11 nitrogen and oxygen atoms in total. The molecule has 0 spiro atoms. The topological polar surface area (TPSA) is 157 Å². The molecule has 6 rings (SSSR count). The first-order valence-electron chi connectivity index (χ1n) is 15.9. The van der Waals surface area contributed by atoms with Gasteiger partial charge in [0.25, 0.3) is 5.91 Å². The van der Waals surface area contributed by atoms with E-state index in [2.05, 4.69) is 30.6 Å². The standard InChI is InChI=1S/C18H18F3N3O2.C16H16F3N5O/c1-2-26-15(25)12-10-22-16(23-11-12)24-17(8-3-9-17)13-4-6-14(7-5-13)18(19,20)21;17-16(18,19)12-4-2-11(3-5-12)15(6-1-7-15)23-14-21-8-10(9-22-14)13(25)24-20/h4-7,10-11H,2-3,8-9H2,1H3,(H,22,23,24);2-5,8-9H,1,6-7,20H2,(H,24,25)(H,21,22,23). The Morgan fingerprint density at radius 1 is 0.686 bits per heavy atom. The lowest BCUT2D eigenvalue weighted by Crippen LogP contribution is -2.42. The highest BCUT2D eigenvalue weighted by Crippen LogP contribution is 2.45. The molecule has 2 heterocycles. The lowest BCUT2D eigenvalue weighted by atomic mass is 9.71. The highest BCUT2D eigenvalue weighted by Gasteiger charge is 2.41. The van der Waals surface area contributed by atoms with Gasteiger partial charge in [-0.25, -0.2) is 30.6 Å². The molecule has 0 aliphatic heterocycles. The van der Waals surface area contributed by atoms with Crippen molar-refractivity contribution in [2.24, 2.45) is 5.84 Å². The first-order valence-corrected chi connectivity index (χ1v) is 15.9. The van der Waals surface area contributed by atoms with Gasteiger partial charge in [-0.15, -0.1) is 0 Å². The number of anilines is 2. The van der Waals surface area contributed by atoms with Crippen LogP contribution in [0.3, 0.4) is 0 Å². The molecule has 0 bridgehead atoms. The number of carbonyl (C=O) groups is 2. The van der Waals surface area contributed by atoms with Crippen LogP contribution in [0, 0.1) is 0 Å². The van der Waals surface area contributed by atoms with E-state index in [1.807, 2.05) is 5.43 Å². The number of amides is 1. The number of aromatic nitrogens is 4. The number of hydrazine groups is 1. The summed E-state index contributed by atoms with van der Waals surface area (Å²) in [6, 6.07) is 10.3. The van der Waals surface area contributed by atoms with E-state index in [9.17, 15) is 35.9 Å². The second-order valence-corrected chi connectivity index (χ2v) is 12.1. The third-order valence-electron chi connectivity index (χ3n) is 8.85. The minimum absolute atomic E-state index is 0.213. The summed E-state index contributed by atoms with van der Waals surface area (Å²) in [4.78, 5) is 39.4. The predicted octanol–water partition coefficient (Wildman–Crippen LogP) is 6.75. The van der Waals surface area contributed by atoms with Gasteiger partial charge in [-0.1, -0.05) is 24.3 Å². The van der Waals surface area contributed by atoms with Gasteiger partial charge in [-0.2, -0.15) is 26.3 Å². The zero-order chi connectivity index (χ0) is 36.9. The van der Waals surface area contributed by atoms with E-state index in [0.29, 0.717) is 11.9 Å². The summed E-state index contributed by atoms with van der Waals surface area (Å²) < 4.78 is 81.2. The minimum Gasteiger partial charge on any atom is -0.462 e. The number of ether oxygens (including phenoxy) is 1. The predicted molar refractivity (Wildman–Crippen MR) is 173 cm³/mol. The summed E-state index contributed by atoms with van der Waals surface area (Å²) in [6.07, 6.45) is 1.62. The number of carbonyl (C=O) groups excluding carboxylic acids is 2. The molecule has 51 heavy (non-hydrogen) atoms. The van der Waals surface area contributed by atoms with E-state index in [1.165, 1.54) is 49.1 Å². The SMILES string of the molecule is CCOC(=O)c1cnc(NC2(c3ccc(C(F)(F)F)cc3)CCC2)nc1.NNC(=O)c1cnc(NC2(c3ccc(C(F)(F)F)cc3)CCC2)nc1. The van der Waals surface area contributed by atoms with Crippen molar-refractivity contribution in [2.75, 3.05) is 17.2 Å². The van der Waals surface area contributed by atoms with Crippen molar-refractivity contribution >= 4 is 23.8 Å².